The van der Waals surface area contributed by atoms with Gasteiger partial charge in [-0.1, -0.05) is 60.2 Å². The van der Waals surface area contributed by atoms with E-state index in [4.69, 9.17) is 0 Å². The van der Waals surface area contributed by atoms with Gasteiger partial charge in [-0.3, -0.25) is 4.79 Å². The zero-order chi connectivity index (χ0) is 17.9. The molecular weight excluding hydrogens is 388 g/mol. The molecule has 3 rings (SSSR count). The van der Waals surface area contributed by atoms with Gasteiger partial charge in [0.25, 0.3) is 0 Å². The van der Waals surface area contributed by atoms with Crippen molar-refractivity contribution >= 4 is 5.78 Å². The molecule has 2 aromatic carbocycles. The average Bonchev–Trinajstić information content (AvgIpc) is 2.64. The molecule has 1 heterocycles. The summed E-state index contributed by atoms with van der Waals surface area (Å²) >= 11 is 0. The third-order valence-electron chi connectivity index (χ3n) is 5.60. The van der Waals surface area contributed by atoms with Crippen molar-refractivity contribution in [3.63, 3.8) is 0 Å². The van der Waals surface area contributed by atoms with Crippen molar-refractivity contribution in [2.75, 3.05) is 26.7 Å². The molecule has 3 nitrogen and oxygen atoms in total. The summed E-state index contributed by atoms with van der Waals surface area (Å²) in [6.07, 6.45) is 1.59. The van der Waals surface area contributed by atoms with Gasteiger partial charge in [-0.2, -0.15) is 5.26 Å². The lowest BCUT2D eigenvalue weighted by molar-refractivity contribution is -0.907. The molecule has 0 bridgehead atoms. The number of piperidine rings is 1. The number of likely N-dealkylation sites (N-methyl/N-ethyl adjacent to an activating group) is 1. The fraction of sp³-hybridized carbons (Fsp3) is 0.364. The lowest BCUT2D eigenvalue weighted by Crippen LogP contribution is -3.00. The monoisotopic (exact) mass is 412 g/mol. The molecule has 0 amide bonds. The van der Waals surface area contributed by atoms with Crippen molar-refractivity contribution in [3.05, 3.63) is 71.3 Å². The van der Waals surface area contributed by atoms with Crippen LogP contribution in [0.3, 0.4) is 0 Å². The lowest BCUT2D eigenvalue weighted by atomic mass is 9.73. The fourth-order valence-electron chi connectivity index (χ4n) is 3.72. The van der Waals surface area contributed by atoms with Crippen LogP contribution in [-0.4, -0.2) is 36.9 Å². The van der Waals surface area contributed by atoms with Crippen LogP contribution in [0.4, 0.5) is 0 Å². The topological polar surface area (TPSA) is 40.9 Å². The van der Waals surface area contributed by atoms with Crippen LogP contribution in [0.1, 0.15) is 34.3 Å². The molecule has 0 atom stereocenters. The minimum atomic E-state index is -0.411. The molecule has 1 aliphatic rings. The number of quaternary nitrogens is 1. The Labute approximate surface area is 166 Å². The molecule has 26 heavy (non-hydrogen) atoms. The highest BCUT2D eigenvalue weighted by Gasteiger charge is 2.42. The van der Waals surface area contributed by atoms with Crippen LogP contribution in [-0.2, 0) is 5.41 Å². The third-order valence-corrected chi connectivity index (χ3v) is 5.60. The van der Waals surface area contributed by atoms with E-state index in [0.29, 0.717) is 11.0 Å². The van der Waals surface area contributed by atoms with Gasteiger partial charge in [-0.15, -0.1) is 0 Å². The second kappa shape index (κ2) is 8.16. The maximum absolute atomic E-state index is 12.6. The zero-order valence-corrected chi connectivity index (χ0v) is 17.0. The van der Waals surface area contributed by atoms with Gasteiger partial charge in [-0.25, -0.2) is 0 Å². The number of benzene rings is 2. The third kappa shape index (κ3) is 4.23. The van der Waals surface area contributed by atoms with Crippen molar-refractivity contribution in [2.45, 2.75) is 25.2 Å². The maximum Gasteiger partial charge on any atom is 0.216 e. The number of hydrogen-bond acceptors (Lipinski definition) is 2. The van der Waals surface area contributed by atoms with Gasteiger partial charge in [-0.05, 0) is 12.5 Å². The van der Waals surface area contributed by atoms with Crippen LogP contribution < -0.4 is 17.0 Å². The molecule has 1 fully saturated rings. The Bertz CT molecular complexity index is 785. The van der Waals surface area contributed by atoms with Crippen LogP contribution in [0, 0.1) is 18.3 Å². The van der Waals surface area contributed by atoms with Gasteiger partial charge in [0.2, 0.25) is 5.78 Å². The van der Waals surface area contributed by atoms with Gasteiger partial charge in [0.1, 0.15) is 6.54 Å². The molecule has 0 spiro atoms. The highest BCUT2D eigenvalue weighted by atomic mass is 79.9. The first-order chi connectivity index (χ1) is 12.0. The van der Waals surface area contributed by atoms with Crippen molar-refractivity contribution in [3.8, 4) is 6.07 Å². The zero-order valence-electron chi connectivity index (χ0n) is 15.4. The van der Waals surface area contributed by atoms with Gasteiger partial charge in [0.15, 0.2) is 0 Å². The molecule has 0 radical (unpaired) electrons. The van der Waals surface area contributed by atoms with Gasteiger partial charge >= 0.3 is 0 Å². The van der Waals surface area contributed by atoms with E-state index in [1.807, 2.05) is 49.4 Å². The summed E-state index contributed by atoms with van der Waals surface area (Å²) in [7, 11) is 2.14. The van der Waals surface area contributed by atoms with E-state index in [1.165, 1.54) is 0 Å². The summed E-state index contributed by atoms with van der Waals surface area (Å²) in [6.45, 7) is 4.22. The van der Waals surface area contributed by atoms with E-state index in [9.17, 15) is 10.1 Å². The van der Waals surface area contributed by atoms with Gasteiger partial charge < -0.3 is 21.5 Å². The van der Waals surface area contributed by atoms with E-state index in [-0.39, 0.29) is 22.8 Å². The Morgan fingerprint density at radius 2 is 1.65 bits per heavy atom. The van der Waals surface area contributed by atoms with Crippen LogP contribution in [0.25, 0.3) is 0 Å². The fourth-order valence-corrected chi connectivity index (χ4v) is 3.72. The first-order valence-corrected chi connectivity index (χ1v) is 8.87. The summed E-state index contributed by atoms with van der Waals surface area (Å²) in [5, 5.41) is 9.83. The second-order valence-electron chi connectivity index (χ2n) is 7.57. The largest absolute Gasteiger partial charge is 1.00 e. The molecule has 1 aliphatic heterocycles. The van der Waals surface area contributed by atoms with E-state index in [1.54, 1.807) is 0 Å². The molecule has 1 saturated heterocycles. The lowest BCUT2D eigenvalue weighted by Gasteiger charge is -2.43. The van der Waals surface area contributed by atoms with Gasteiger partial charge in [0, 0.05) is 18.4 Å². The van der Waals surface area contributed by atoms with E-state index >= 15 is 0 Å². The number of nitriles is 1. The number of aryl methyl sites for hydroxylation is 1. The Morgan fingerprint density at radius 3 is 2.19 bits per heavy atom. The number of hydrogen-bond donors (Lipinski definition) is 0. The minimum absolute atomic E-state index is 0. The second-order valence-corrected chi connectivity index (χ2v) is 7.57. The highest BCUT2D eigenvalue weighted by Crippen LogP contribution is 2.36. The number of ketones is 1. The standard InChI is InChI=1S/C22H25N2O.BrH/c1-18-8-10-19(11-9-18)21(25)16-24(2)14-12-22(17-23,13-15-24)20-6-4-3-5-7-20;/h3-11H,12-16H2,1-2H3;1H/q+1;/p-1. The summed E-state index contributed by atoms with van der Waals surface area (Å²) in [5.41, 5.74) is 2.64. The van der Waals surface area contributed by atoms with E-state index in [2.05, 4.69) is 25.2 Å². The van der Waals surface area contributed by atoms with Crippen molar-refractivity contribution in [2.24, 2.45) is 0 Å². The molecule has 0 N–H and O–H groups in total. The highest BCUT2D eigenvalue weighted by molar-refractivity contribution is 5.97. The molecule has 4 heteroatoms. The quantitative estimate of drug-likeness (QED) is 0.552. The number of rotatable bonds is 4. The summed E-state index contributed by atoms with van der Waals surface area (Å²) in [5.74, 6) is 0.187. The first-order valence-electron chi connectivity index (χ1n) is 8.87. The van der Waals surface area contributed by atoms with Crippen molar-refractivity contribution in [1.29, 1.82) is 5.26 Å². The van der Waals surface area contributed by atoms with Gasteiger partial charge in [0.05, 0.1) is 31.6 Å². The number of halogens is 1. The van der Waals surface area contributed by atoms with E-state index in [0.717, 1.165) is 42.6 Å². The Morgan fingerprint density at radius 1 is 1.08 bits per heavy atom. The smallest absolute Gasteiger partial charge is 0.216 e. The molecule has 0 aromatic heterocycles. The normalized spacial score (nSPS) is 25.0. The Hall–Kier alpha value is -1.96. The Balaban J connectivity index is 0.00000243. The predicted octanol–water partition coefficient (Wildman–Crippen LogP) is 0.884. The van der Waals surface area contributed by atoms with Crippen LogP contribution in [0.2, 0.25) is 0 Å². The minimum Gasteiger partial charge on any atom is -1.00 e. The molecular formula is C22H25BrN2O. The summed E-state index contributed by atoms with van der Waals surface area (Å²) in [6, 6.07) is 20.5. The SMILES string of the molecule is Cc1ccc(C(=O)C[N+]2(C)CCC(C#N)(c3ccccc3)CC2)cc1.[Br-]. The van der Waals surface area contributed by atoms with Crippen LogP contribution in [0.5, 0.6) is 0 Å². The van der Waals surface area contributed by atoms with Crippen LogP contribution >= 0.6 is 0 Å². The van der Waals surface area contributed by atoms with Crippen LogP contribution in [0.15, 0.2) is 54.6 Å². The number of nitrogens with zero attached hydrogens (tertiary/aromatic N) is 2. The molecule has 136 valence electrons. The van der Waals surface area contributed by atoms with Crippen molar-refractivity contribution < 1.29 is 26.3 Å². The number of carbonyl (C=O) groups excluding carboxylic acids is 1. The van der Waals surface area contributed by atoms with E-state index < -0.39 is 5.41 Å². The Kier molecular flexibility index (Phi) is 6.39. The number of Topliss-reactive ketones (excluding diaryl/α,β-unsaturated/α-hetero) is 1. The number of likely N-dealkylation sites (tertiary alicyclic amines) is 1. The van der Waals surface area contributed by atoms with Crippen molar-refractivity contribution in [1.82, 2.24) is 0 Å². The molecule has 0 unspecified atom stereocenters. The average molecular weight is 413 g/mol. The first kappa shape index (κ1) is 20.4. The summed E-state index contributed by atoms with van der Waals surface area (Å²) < 4.78 is 0.711. The summed E-state index contributed by atoms with van der Waals surface area (Å²) in [4.78, 5) is 12.6. The number of carbonyl (C=O) groups is 1. The predicted molar refractivity (Wildman–Crippen MR) is 99.3 cm³/mol. The molecule has 0 aliphatic carbocycles. The molecule has 2 aromatic rings. The maximum atomic E-state index is 12.6. The molecule has 0 saturated carbocycles.